The summed E-state index contributed by atoms with van der Waals surface area (Å²) in [7, 11) is 0. The summed E-state index contributed by atoms with van der Waals surface area (Å²) < 4.78 is 54.3. The summed E-state index contributed by atoms with van der Waals surface area (Å²) in [5.41, 5.74) is 4.54. The Labute approximate surface area is 212 Å². The molecule has 0 aliphatic rings. The monoisotopic (exact) mass is 535 g/mol. The molecule has 4 rings (SSSR count). The zero-order valence-corrected chi connectivity index (χ0v) is 21.0. The molecular formula is C23H21F4N7S2. The van der Waals surface area contributed by atoms with Gasteiger partial charge in [-0.25, -0.2) is 36.9 Å². The van der Waals surface area contributed by atoms with Gasteiger partial charge in [-0.3, -0.25) is 0 Å². The number of alkyl halides is 4. The zero-order chi connectivity index (χ0) is 26.0. The molecule has 188 valence electrons. The Kier molecular flexibility index (Phi) is 7.79. The van der Waals surface area contributed by atoms with E-state index in [-0.39, 0.29) is 0 Å². The van der Waals surface area contributed by atoms with Crippen LogP contribution in [0.4, 0.5) is 17.6 Å². The smallest absolute Gasteiger partial charge is 0.299 e. The number of nitrogens with one attached hydrogen (secondary N) is 1. The molecule has 0 aliphatic carbocycles. The Morgan fingerprint density at radius 2 is 1.28 bits per heavy atom. The fourth-order valence-electron chi connectivity index (χ4n) is 3.53. The summed E-state index contributed by atoms with van der Waals surface area (Å²) in [6, 6.07) is 7.48. The van der Waals surface area contributed by atoms with Crippen LogP contribution in [0.15, 0.2) is 46.7 Å². The van der Waals surface area contributed by atoms with Crippen molar-refractivity contribution in [3.63, 3.8) is 0 Å². The van der Waals surface area contributed by atoms with Gasteiger partial charge in [0.15, 0.2) is 0 Å². The minimum absolute atomic E-state index is 0.484. The first-order chi connectivity index (χ1) is 17.2. The molecule has 13 heteroatoms. The number of hydrogen-bond donors (Lipinski definition) is 1. The molecule has 1 N–H and O–H groups in total. The van der Waals surface area contributed by atoms with Crippen LogP contribution in [0.3, 0.4) is 0 Å². The van der Waals surface area contributed by atoms with E-state index in [0.717, 1.165) is 32.7 Å². The molecule has 36 heavy (non-hydrogen) atoms. The number of nitrogens with zero attached hydrogens (tertiary/aromatic N) is 6. The number of thioether (sulfide) groups is 2. The average molecular weight is 536 g/mol. The second kappa shape index (κ2) is 10.8. The van der Waals surface area contributed by atoms with Gasteiger partial charge in [-0.15, -0.1) is 33.7 Å². The van der Waals surface area contributed by atoms with E-state index in [4.69, 9.17) is 5.41 Å². The lowest BCUT2D eigenvalue weighted by molar-refractivity contribution is 0.140. The molecule has 0 aliphatic heterocycles. The van der Waals surface area contributed by atoms with Crippen LogP contribution >= 0.6 is 23.5 Å². The van der Waals surface area contributed by atoms with Crippen LogP contribution in [0.2, 0.25) is 0 Å². The van der Waals surface area contributed by atoms with Crippen molar-refractivity contribution in [3.05, 3.63) is 70.8 Å². The van der Waals surface area contributed by atoms with Crippen molar-refractivity contribution in [1.82, 2.24) is 29.5 Å². The molecular weight excluding hydrogens is 514 g/mol. The summed E-state index contributed by atoms with van der Waals surface area (Å²) in [4.78, 5) is 9.19. The molecule has 4 aromatic rings. The van der Waals surface area contributed by atoms with Crippen LogP contribution in [-0.2, 0) is 0 Å². The van der Waals surface area contributed by atoms with Crippen molar-refractivity contribution >= 4 is 29.7 Å². The molecule has 2 aromatic carbocycles. The Hall–Kier alpha value is -3.19. The fourth-order valence-corrected chi connectivity index (χ4v) is 5.75. The van der Waals surface area contributed by atoms with Crippen LogP contribution in [-0.4, -0.2) is 40.8 Å². The van der Waals surface area contributed by atoms with Gasteiger partial charge in [0.2, 0.25) is 11.6 Å². The minimum Gasteiger partial charge on any atom is -0.308 e. The van der Waals surface area contributed by atoms with E-state index in [1.165, 1.54) is 22.0 Å². The highest BCUT2D eigenvalue weighted by Crippen LogP contribution is 2.35. The molecule has 2 heterocycles. The maximum Gasteiger partial charge on any atom is 0.299 e. The lowest BCUT2D eigenvalue weighted by Gasteiger charge is -2.14. The molecule has 2 aromatic heterocycles. The van der Waals surface area contributed by atoms with E-state index in [1.54, 1.807) is 35.7 Å². The van der Waals surface area contributed by atoms with Crippen molar-refractivity contribution in [2.75, 3.05) is 5.08 Å². The van der Waals surface area contributed by atoms with E-state index in [9.17, 15) is 17.6 Å². The standard InChI is InChI=1S/C23H21F4N7S2/c1-12-4-13(2)18(6-16(12)33-9-29-22(31-33)20(24)25)35-11-36-19-7-17(15(8-28)5-14(19)3)34-10-30-23(32-34)21(26)27/h4-10,20-21,28H,11H2,1-3H3. The third-order valence-electron chi connectivity index (χ3n) is 5.31. The van der Waals surface area contributed by atoms with Crippen molar-refractivity contribution in [1.29, 1.82) is 5.41 Å². The minimum atomic E-state index is -2.78. The SMILES string of the molecule is Cc1cc(C)c(-n2cnc(C(F)F)n2)cc1SCSc1cc(-n2cnc(C(F)F)n2)c(C=N)cc1C. The predicted octanol–water partition coefficient (Wildman–Crippen LogP) is 6.49. The third-order valence-corrected chi connectivity index (χ3v) is 7.75. The van der Waals surface area contributed by atoms with Gasteiger partial charge < -0.3 is 5.41 Å². The lowest BCUT2D eigenvalue weighted by atomic mass is 10.1. The second-order valence-corrected chi connectivity index (χ2v) is 10.2. The highest BCUT2D eigenvalue weighted by atomic mass is 32.2. The Bertz CT molecular complexity index is 1400. The largest absolute Gasteiger partial charge is 0.308 e. The number of aromatic nitrogens is 6. The van der Waals surface area contributed by atoms with Gasteiger partial charge in [0, 0.05) is 26.7 Å². The summed E-state index contributed by atoms with van der Waals surface area (Å²) >= 11 is 3.13. The molecule has 7 nitrogen and oxygen atoms in total. The maximum atomic E-state index is 12.9. The highest BCUT2D eigenvalue weighted by Gasteiger charge is 2.17. The van der Waals surface area contributed by atoms with Crippen LogP contribution in [0.5, 0.6) is 0 Å². The van der Waals surface area contributed by atoms with Crippen molar-refractivity contribution in [2.45, 2.75) is 43.4 Å². The fraction of sp³-hybridized carbons (Fsp3) is 0.261. The molecule has 0 fully saturated rings. The lowest BCUT2D eigenvalue weighted by Crippen LogP contribution is -2.02. The average Bonchev–Trinajstić information content (AvgIpc) is 3.51. The Morgan fingerprint density at radius 3 is 1.78 bits per heavy atom. The topological polar surface area (TPSA) is 85.3 Å². The number of halogens is 4. The van der Waals surface area contributed by atoms with Gasteiger partial charge in [-0.2, -0.15) is 0 Å². The van der Waals surface area contributed by atoms with Crippen LogP contribution < -0.4 is 0 Å². The van der Waals surface area contributed by atoms with E-state index in [1.807, 2.05) is 32.9 Å². The van der Waals surface area contributed by atoms with Crippen LogP contribution in [0, 0.1) is 26.2 Å². The summed E-state index contributed by atoms with van der Waals surface area (Å²) in [5.74, 6) is -1.09. The Balaban J connectivity index is 1.55. The molecule has 0 amide bonds. The van der Waals surface area contributed by atoms with Crippen molar-refractivity contribution in [3.8, 4) is 11.4 Å². The summed E-state index contributed by atoms with van der Waals surface area (Å²) in [6.07, 6.45) is -1.89. The van der Waals surface area contributed by atoms with Crippen molar-refractivity contribution in [2.24, 2.45) is 0 Å². The molecule has 0 saturated heterocycles. The molecule has 0 bridgehead atoms. The van der Waals surface area contributed by atoms with E-state index in [2.05, 4.69) is 20.2 Å². The van der Waals surface area contributed by atoms with Gasteiger partial charge in [-0.05, 0) is 55.7 Å². The number of benzene rings is 2. The quantitative estimate of drug-likeness (QED) is 0.114. The van der Waals surface area contributed by atoms with Gasteiger partial charge >= 0.3 is 0 Å². The number of aryl methyl sites for hydroxylation is 3. The Morgan fingerprint density at radius 1 is 0.778 bits per heavy atom. The maximum absolute atomic E-state index is 12.9. The molecule has 0 unspecified atom stereocenters. The normalized spacial score (nSPS) is 11.6. The van der Waals surface area contributed by atoms with Gasteiger partial charge in [0.1, 0.15) is 12.7 Å². The van der Waals surface area contributed by atoms with Gasteiger partial charge in [-0.1, -0.05) is 6.07 Å². The predicted molar refractivity (Wildman–Crippen MR) is 131 cm³/mol. The highest BCUT2D eigenvalue weighted by molar-refractivity contribution is 8.16. The van der Waals surface area contributed by atoms with E-state index in [0.29, 0.717) is 22.0 Å². The molecule has 0 atom stereocenters. The van der Waals surface area contributed by atoms with Crippen LogP contribution in [0.25, 0.3) is 11.4 Å². The summed E-state index contributed by atoms with van der Waals surface area (Å²) in [5, 5.41) is 16.0. The first-order valence-electron chi connectivity index (χ1n) is 10.6. The number of hydrogen-bond acceptors (Lipinski definition) is 7. The zero-order valence-electron chi connectivity index (χ0n) is 19.4. The van der Waals surface area contributed by atoms with Gasteiger partial charge in [0.05, 0.1) is 11.4 Å². The second-order valence-electron chi connectivity index (χ2n) is 7.83. The number of rotatable bonds is 9. The third kappa shape index (κ3) is 5.46. The molecule has 0 radical (unpaired) electrons. The molecule has 0 saturated carbocycles. The van der Waals surface area contributed by atoms with Gasteiger partial charge in [0.25, 0.3) is 12.9 Å². The first-order valence-corrected chi connectivity index (χ1v) is 12.6. The van der Waals surface area contributed by atoms with Crippen LogP contribution in [0.1, 0.15) is 46.8 Å². The molecule has 0 spiro atoms. The van der Waals surface area contributed by atoms with E-state index >= 15 is 0 Å². The first kappa shape index (κ1) is 25.9. The summed E-state index contributed by atoms with van der Waals surface area (Å²) in [6.45, 7) is 5.77. The van der Waals surface area contributed by atoms with E-state index < -0.39 is 24.5 Å². The van der Waals surface area contributed by atoms with Crippen molar-refractivity contribution < 1.29 is 17.6 Å².